The number of hydrogen-bond acceptors (Lipinski definition) is 12. The first-order chi connectivity index (χ1) is 16.0. The Morgan fingerprint density at radius 3 is 2.79 bits per heavy atom. The average Bonchev–Trinajstić information content (AvgIpc) is 3.46. The van der Waals surface area contributed by atoms with Crippen molar-refractivity contribution in [1.82, 2.24) is 34.4 Å². The monoisotopic (exact) mass is 608 g/mol. The van der Waals surface area contributed by atoms with Gasteiger partial charge < -0.3 is 20.7 Å². The maximum atomic E-state index is 12.2. The van der Waals surface area contributed by atoms with Gasteiger partial charge in [-0.2, -0.15) is 13.5 Å². The zero-order valence-corrected chi connectivity index (χ0v) is 20.8. The molecule has 0 aliphatic carbocycles. The first-order valence-electron chi connectivity index (χ1n) is 9.90. The Hall–Kier alpha value is -2.45. The number of H-pyrrole nitrogens is 1. The molecule has 1 fully saturated rings. The summed E-state index contributed by atoms with van der Waals surface area (Å²) in [5.41, 5.74) is 6.89. The van der Waals surface area contributed by atoms with Gasteiger partial charge in [-0.1, -0.05) is 13.8 Å². The van der Waals surface area contributed by atoms with Crippen molar-refractivity contribution in [3.63, 3.8) is 0 Å². The fraction of sp³-hybridized carbons (Fsp3) is 0.471. The van der Waals surface area contributed by atoms with E-state index in [1.807, 2.05) is 36.4 Å². The van der Waals surface area contributed by atoms with Gasteiger partial charge in [-0.05, 0) is 12.0 Å². The van der Waals surface area contributed by atoms with Gasteiger partial charge in [0.05, 0.1) is 12.9 Å². The van der Waals surface area contributed by atoms with Gasteiger partial charge in [0.15, 0.2) is 27.2 Å². The molecular formula is C17H21IN8O7S. The SMILES string of the molecule is CC(C)c1cc(C(=O)NS(=O)(=O)OC[C@H]2O[C@@H](n3cnc4c(N)nc(I)nc43)[C@H](O)[C@@H]2O)n[nH]1. The molecule has 0 aromatic carbocycles. The van der Waals surface area contributed by atoms with Crippen LogP contribution < -0.4 is 10.5 Å². The van der Waals surface area contributed by atoms with Crippen molar-refractivity contribution < 1.29 is 32.3 Å². The molecule has 0 saturated carbocycles. The minimum Gasteiger partial charge on any atom is -0.387 e. The number of aromatic amines is 1. The summed E-state index contributed by atoms with van der Waals surface area (Å²) in [5.74, 6) is -0.813. The third-order valence-electron chi connectivity index (χ3n) is 5.09. The Morgan fingerprint density at radius 1 is 1.38 bits per heavy atom. The summed E-state index contributed by atoms with van der Waals surface area (Å²) in [6, 6.07) is 1.42. The number of amides is 1. The van der Waals surface area contributed by atoms with Crippen LogP contribution in [0.3, 0.4) is 0 Å². The van der Waals surface area contributed by atoms with E-state index in [1.54, 1.807) is 4.72 Å². The Labute approximate surface area is 206 Å². The van der Waals surface area contributed by atoms with Crippen molar-refractivity contribution >= 4 is 55.8 Å². The second-order valence-corrected chi connectivity index (χ2v) is 10.1. The zero-order valence-electron chi connectivity index (χ0n) is 17.8. The van der Waals surface area contributed by atoms with Gasteiger partial charge in [0.2, 0.25) is 0 Å². The number of fused-ring (bicyclic) bond motifs is 1. The number of aromatic nitrogens is 6. The van der Waals surface area contributed by atoms with E-state index in [1.165, 1.54) is 17.0 Å². The molecule has 6 N–H and O–H groups in total. The molecule has 1 saturated heterocycles. The highest BCUT2D eigenvalue weighted by Gasteiger charge is 2.45. The third kappa shape index (κ3) is 4.84. The summed E-state index contributed by atoms with van der Waals surface area (Å²) in [6.45, 7) is 3.06. The van der Waals surface area contributed by atoms with E-state index in [2.05, 4.69) is 25.1 Å². The molecule has 0 spiro atoms. The molecule has 0 radical (unpaired) electrons. The molecule has 0 unspecified atom stereocenters. The molecule has 34 heavy (non-hydrogen) atoms. The smallest absolute Gasteiger partial charge is 0.362 e. The number of anilines is 1. The predicted octanol–water partition coefficient (Wildman–Crippen LogP) is -0.830. The van der Waals surface area contributed by atoms with E-state index in [4.69, 9.17) is 14.7 Å². The fourth-order valence-electron chi connectivity index (χ4n) is 3.29. The number of ether oxygens (including phenoxy) is 1. The largest absolute Gasteiger partial charge is 0.387 e. The number of imidazole rings is 1. The van der Waals surface area contributed by atoms with Crippen molar-refractivity contribution in [2.24, 2.45) is 0 Å². The number of rotatable bonds is 7. The predicted molar refractivity (Wildman–Crippen MR) is 123 cm³/mol. The quantitative estimate of drug-likeness (QED) is 0.164. The van der Waals surface area contributed by atoms with Crippen LogP contribution in [0.5, 0.6) is 0 Å². The van der Waals surface area contributed by atoms with Gasteiger partial charge in [0, 0.05) is 28.3 Å². The molecule has 0 bridgehead atoms. The Kier molecular flexibility index (Phi) is 6.75. The van der Waals surface area contributed by atoms with E-state index in [-0.39, 0.29) is 28.6 Å². The maximum Gasteiger partial charge on any atom is 0.362 e. The molecule has 15 nitrogen and oxygen atoms in total. The highest BCUT2D eigenvalue weighted by Crippen LogP contribution is 2.32. The Bertz CT molecular complexity index is 1330. The van der Waals surface area contributed by atoms with Crippen LogP contribution in [0.1, 0.15) is 42.2 Å². The molecule has 1 amide bonds. The number of aliphatic hydroxyl groups excluding tert-OH is 2. The van der Waals surface area contributed by atoms with Crippen LogP contribution >= 0.6 is 22.6 Å². The second kappa shape index (κ2) is 9.30. The van der Waals surface area contributed by atoms with Crippen LogP contribution in [0.25, 0.3) is 11.2 Å². The number of aliphatic hydroxyl groups is 2. The van der Waals surface area contributed by atoms with Crippen molar-refractivity contribution in [3.8, 4) is 0 Å². The molecule has 4 heterocycles. The number of hydrogen-bond donors (Lipinski definition) is 5. The number of nitrogen functional groups attached to an aromatic ring is 1. The molecule has 3 aromatic heterocycles. The highest BCUT2D eigenvalue weighted by molar-refractivity contribution is 14.1. The molecule has 1 aliphatic rings. The number of nitrogens with two attached hydrogens (primary N) is 1. The minimum absolute atomic E-state index is 0.0567. The van der Waals surface area contributed by atoms with Gasteiger partial charge in [0.1, 0.15) is 23.8 Å². The van der Waals surface area contributed by atoms with Crippen molar-refractivity contribution in [2.45, 2.75) is 44.3 Å². The lowest BCUT2D eigenvalue weighted by molar-refractivity contribution is -0.0468. The first kappa shape index (κ1) is 24.7. The third-order valence-corrected chi connectivity index (χ3v) is 6.45. The summed E-state index contributed by atoms with van der Waals surface area (Å²) < 4.78 is 38.3. The van der Waals surface area contributed by atoms with Crippen LogP contribution in [0.2, 0.25) is 0 Å². The van der Waals surface area contributed by atoms with Gasteiger partial charge in [0.25, 0.3) is 5.91 Å². The van der Waals surface area contributed by atoms with Gasteiger partial charge in [-0.25, -0.2) is 19.7 Å². The van der Waals surface area contributed by atoms with Crippen molar-refractivity contribution in [3.05, 3.63) is 27.6 Å². The molecular weight excluding hydrogens is 587 g/mol. The lowest BCUT2D eigenvalue weighted by Crippen LogP contribution is -2.38. The lowest BCUT2D eigenvalue weighted by atomic mass is 10.1. The van der Waals surface area contributed by atoms with Crippen LogP contribution in [0.15, 0.2) is 12.4 Å². The Morgan fingerprint density at radius 2 is 2.12 bits per heavy atom. The fourth-order valence-corrected chi connectivity index (χ4v) is 4.49. The number of carbonyl (C=O) groups is 1. The van der Waals surface area contributed by atoms with E-state index in [0.29, 0.717) is 9.53 Å². The number of halogens is 1. The summed E-state index contributed by atoms with van der Waals surface area (Å²) in [5, 5.41) is 27.3. The van der Waals surface area contributed by atoms with Crippen LogP contribution in [-0.4, -0.2) is 79.2 Å². The number of nitrogens with one attached hydrogen (secondary N) is 2. The highest BCUT2D eigenvalue weighted by atomic mass is 127. The van der Waals surface area contributed by atoms with E-state index < -0.39 is 47.4 Å². The van der Waals surface area contributed by atoms with Gasteiger partial charge in [-0.15, -0.1) is 0 Å². The average molecular weight is 608 g/mol. The van der Waals surface area contributed by atoms with Gasteiger partial charge in [-0.3, -0.25) is 18.6 Å². The van der Waals surface area contributed by atoms with Crippen molar-refractivity contribution in [1.29, 1.82) is 0 Å². The first-order valence-corrected chi connectivity index (χ1v) is 12.4. The zero-order chi connectivity index (χ0) is 24.8. The second-order valence-electron chi connectivity index (χ2n) is 7.78. The van der Waals surface area contributed by atoms with E-state index in [0.717, 1.165) is 0 Å². The summed E-state index contributed by atoms with van der Waals surface area (Å²) in [4.78, 5) is 24.5. The summed E-state index contributed by atoms with van der Waals surface area (Å²) in [6.07, 6.45) is -4.07. The topological polar surface area (TPSA) is 220 Å². The number of carbonyl (C=O) groups excluding carboxylic acids is 1. The molecule has 1 aliphatic heterocycles. The van der Waals surface area contributed by atoms with Crippen LogP contribution in [0.4, 0.5) is 5.82 Å². The maximum absolute atomic E-state index is 12.2. The Balaban J connectivity index is 1.43. The van der Waals surface area contributed by atoms with Crippen LogP contribution in [-0.2, 0) is 19.2 Å². The molecule has 184 valence electrons. The van der Waals surface area contributed by atoms with E-state index >= 15 is 0 Å². The lowest BCUT2D eigenvalue weighted by Gasteiger charge is -2.16. The normalized spacial score (nSPS) is 23.1. The molecule has 4 atom stereocenters. The van der Waals surface area contributed by atoms with Crippen molar-refractivity contribution in [2.75, 3.05) is 12.3 Å². The summed E-state index contributed by atoms with van der Waals surface area (Å²) >= 11 is 1.86. The molecule has 17 heteroatoms. The van der Waals surface area contributed by atoms with Crippen LogP contribution in [0, 0.1) is 3.83 Å². The van der Waals surface area contributed by atoms with E-state index in [9.17, 15) is 23.4 Å². The molecule has 3 aromatic rings. The number of nitrogens with zero attached hydrogens (tertiary/aromatic N) is 5. The summed E-state index contributed by atoms with van der Waals surface area (Å²) in [7, 11) is -4.57. The van der Waals surface area contributed by atoms with Gasteiger partial charge >= 0.3 is 10.3 Å². The minimum atomic E-state index is -4.57. The molecule has 4 rings (SSSR count). The standard InChI is InChI=1S/C17H21IN8O7S/c1-6(2)7-3-8(24-23-7)15(29)25-34(30,31)32-4-9-11(27)12(28)16(33-9)26-5-20-10-13(19)21-17(18)22-14(10)26/h3,5-6,9,11-12,16,27-28H,4H2,1-2H3,(H,23,24)(H,25,29)(H2,19,21,22)/t9-,11-,12-,16-/m1/s1.